The van der Waals surface area contributed by atoms with E-state index in [1.807, 2.05) is 0 Å². The Hall–Kier alpha value is -1.40. The third-order valence-electron chi connectivity index (χ3n) is 5.58. The summed E-state index contributed by atoms with van der Waals surface area (Å²) in [6, 6.07) is -0.688. The molecule has 6 heteroatoms. The molecule has 1 aromatic rings. The van der Waals surface area contributed by atoms with Crippen molar-refractivity contribution in [2.24, 2.45) is 5.73 Å². The van der Waals surface area contributed by atoms with Crippen LogP contribution >= 0.6 is 0 Å². The van der Waals surface area contributed by atoms with Crippen molar-refractivity contribution >= 4 is 5.91 Å². The highest BCUT2D eigenvalue weighted by molar-refractivity contribution is 5.91. The zero-order valence-corrected chi connectivity index (χ0v) is 19.2. The van der Waals surface area contributed by atoms with Crippen LogP contribution in [0.3, 0.4) is 0 Å². The smallest absolute Gasteiger partial charge is 0.273 e. The summed E-state index contributed by atoms with van der Waals surface area (Å²) in [5, 5.41) is 11.8. The molecule has 1 atom stereocenters. The quantitative estimate of drug-likeness (QED) is 0.235. The van der Waals surface area contributed by atoms with Gasteiger partial charge in [-0.1, -0.05) is 103 Å². The molecule has 1 aromatic heterocycles. The highest BCUT2D eigenvalue weighted by Gasteiger charge is 2.15. The summed E-state index contributed by atoms with van der Waals surface area (Å²) >= 11 is 0. The number of aromatic nitrogens is 1. The van der Waals surface area contributed by atoms with Crippen LogP contribution in [0.2, 0.25) is 0 Å². The number of carbonyl (C=O) groups is 1. The Kier molecular flexibility index (Phi) is 16.3. The molecule has 0 radical (unpaired) electrons. The van der Waals surface area contributed by atoms with Crippen LogP contribution in [0.4, 0.5) is 0 Å². The van der Waals surface area contributed by atoms with Gasteiger partial charge in [0.25, 0.3) is 5.91 Å². The van der Waals surface area contributed by atoms with Crippen LogP contribution < -0.4 is 11.1 Å². The summed E-state index contributed by atoms with van der Waals surface area (Å²) in [7, 11) is 0. The largest absolute Gasteiger partial charge is 0.446 e. The van der Waals surface area contributed by atoms with Gasteiger partial charge in [0.15, 0.2) is 5.69 Å². The minimum Gasteiger partial charge on any atom is -0.446 e. The van der Waals surface area contributed by atoms with E-state index in [2.05, 4.69) is 17.2 Å². The molecular weight excluding hydrogens is 378 g/mol. The number of hydrogen-bond acceptors (Lipinski definition) is 5. The van der Waals surface area contributed by atoms with Crippen LogP contribution in [-0.2, 0) is 0 Å². The Bertz CT molecular complexity index is 534. The lowest BCUT2D eigenvalue weighted by Crippen LogP contribution is -2.25. The van der Waals surface area contributed by atoms with Gasteiger partial charge in [-0.15, -0.1) is 0 Å². The minimum atomic E-state index is -0.688. The molecule has 0 fully saturated rings. The van der Waals surface area contributed by atoms with Crippen LogP contribution in [0.1, 0.15) is 132 Å². The predicted octanol–water partition coefficient (Wildman–Crippen LogP) is 5.66. The zero-order chi connectivity index (χ0) is 21.9. The minimum absolute atomic E-state index is 0.185. The maximum absolute atomic E-state index is 12.0. The lowest BCUT2D eigenvalue weighted by atomic mass is 10.0. The van der Waals surface area contributed by atoms with Crippen LogP contribution in [0.25, 0.3) is 0 Å². The van der Waals surface area contributed by atoms with Gasteiger partial charge in [-0.2, -0.15) is 0 Å². The van der Waals surface area contributed by atoms with Gasteiger partial charge < -0.3 is 20.6 Å². The topological polar surface area (TPSA) is 101 Å². The van der Waals surface area contributed by atoms with Crippen molar-refractivity contribution in [3.05, 3.63) is 17.8 Å². The molecule has 0 saturated heterocycles. The standard InChI is InChI=1S/C24H45N3O3/c1-2-3-4-5-6-7-8-9-10-11-12-13-14-15-16-17-18-26-23(29)22-20-30-24(27-22)21(25)19-28/h20-21,28H,2-19,25H2,1H3,(H,26,29). The fraction of sp³-hybridized carbons (Fsp3) is 0.833. The number of nitrogens with zero attached hydrogens (tertiary/aromatic N) is 1. The molecule has 174 valence electrons. The molecule has 1 amide bonds. The second-order valence-corrected chi connectivity index (χ2v) is 8.42. The Morgan fingerprint density at radius 3 is 1.87 bits per heavy atom. The molecule has 1 unspecified atom stereocenters. The second-order valence-electron chi connectivity index (χ2n) is 8.42. The fourth-order valence-corrected chi connectivity index (χ4v) is 3.61. The first-order valence-electron chi connectivity index (χ1n) is 12.3. The third-order valence-corrected chi connectivity index (χ3v) is 5.58. The van der Waals surface area contributed by atoms with Crippen LogP contribution in [0.5, 0.6) is 0 Å². The maximum Gasteiger partial charge on any atom is 0.273 e. The van der Waals surface area contributed by atoms with Crippen molar-refractivity contribution in [1.82, 2.24) is 10.3 Å². The number of oxazole rings is 1. The van der Waals surface area contributed by atoms with Crippen LogP contribution in [-0.4, -0.2) is 29.1 Å². The maximum atomic E-state index is 12.0. The first-order chi connectivity index (χ1) is 14.7. The van der Waals surface area contributed by atoms with Crippen molar-refractivity contribution in [3.63, 3.8) is 0 Å². The van der Waals surface area contributed by atoms with E-state index in [4.69, 9.17) is 15.3 Å². The van der Waals surface area contributed by atoms with Crippen molar-refractivity contribution in [1.29, 1.82) is 0 Å². The highest BCUT2D eigenvalue weighted by atomic mass is 16.3. The van der Waals surface area contributed by atoms with E-state index in [0.717, 1.165) is 12.8 Å². The van der Waals surface area contributed by atoms with Gasteiger partial charge in [0.2, 0.25) is 5.89 Å². The average Bonchev–Trinajstić information content (AvgIpc) is 3.25. The molecule has 0 saturated carbocycles. The molecule has 30 heavy (non-hydrogen) atoms. The number of carbonyl (C=O) groups excluding carboxylic acids is 1. The van der Waals surface area contributed by atoms with Crippen LogP contribution in [0.15, 0.2) is 10.7 Å². The first kappa shape index (κ1) is 26.6. The first-order valence-corrected chi connectivity index (χ1v) is 12.3. The summed E-state index contributed by atoms with van der Waals surface area (Å²) < 4.78 is 5.12. The highest BCUT2D eigenvalue weighted by Crippen LogP contribution is 2.14. The summed E-state index contributed by atoms with van der Waals surface area (Å²) in [5.74, 6) is -0.0684. The molecule has 0 aliphatic carbocycles. The van der Waals surface area contributed by atoms with E-state index in [1.54, 1.807) is 0 Å². The molecule has 0 aliphatic rings. The lowest BCUT2D eigenvalue weighted by molar-refractivity contribution is 0.0948. The van der Waals surface area contributed by atoms with E-state index >= 15 is 0 Å². The SMILES string of the molecule is CCCCCCCCCCCCCCCCCCNC(=O)c1coc(C(N)CO)n1. The predicted molar refractivity (Wildman–Crippen MR) is 122 cm³/mol. The van der Waals surface area contributed by atoms with Gasteiger partial charge in [0, 0.05) is 6.54 Å². The molecule has 1 rings (SSSR count). The second kappa shape index (κ2) is 18.4. The lowest BCUT2D eigenvalue weighted by Gasteiger charge is -2.04. The normalized spacial score (nSPS) is 12.2. The van der Waals surface area contributed by atoms with E-state index in [1.165, 1.54) is 96.2 Å². The molecule has 0 aromatic carbocycles. The zero-order valence-electron chi connectivity index (χ0n) is 19.2. The van der Waals surface area contributed by atoms with Gasteiger partial charge in [-0.25, -0.2) is 4.98 Å². The molecule has 0 aliphatic heterocycles. The van der Waals surface area contributed by atoms with Crippen molar-refractivity contribution in [2.45, 2.75) is 116 Å². The molecular formula is C24H45N3O3. The number of aliphatic hydroxyl groups excluding tert-OH is 1. The number of nitrogens with one attached hydrogen (secondary N) is 1. The van der Waals surface area contributed by atoms with E-state index in [-0.39, 0.29) is 24.1 Å². The third kappa shape index (κ3) is 13.0. The Balaban J connectivity index is 1.84. The Morgan fingerprint density at radius 2 is 1.40 bits per heavy atom. The monoisotopic (exact) mass is 423 g/mol. The molecule has 0 spiro atoms. The summed E-state index contributed by atoms with van der Waals surface area (Å²) in [6.07, 6.45) is 22.7. The van der Waals surface area contributed by atoms with E-state index in [0.29, 0.717) is 6.54 Å². The van der Waals surface area contributed by atoms with Gasteiger partial charge >= 0.3 is 0 Å². The van der Waals surface area contributed by atoms with Crippen LogP contribution in [0, 0.1) is 0 Å². The number of aliphatic hydroxyl groups is 1. The van der Waals surface area contributed by atoms with Gasteiger partial charge in [-0.05, 0) is 6.42 Å². The average molecular weight is 424 g/mol. The fourth-order valence-electron chi connectivity index (χ4n) is 3.61. The number of hydrogen-bond donors (Lipinski definition) is 3. The Labute approximate surface area is 183 Å². The summed E-state index contributed by atoms with van der Waals surface area (Å²) in [4.78, 5) is 16.0. The van der Waals surface area contributed by atoms with Gasteiger partial charge in [-0.3, -0.25) is 4.79 Å². The van der Waals surface area contributed by atoms with Crippen molar-refractivity contribution in [2.75, 3.05) is 13.2 Å². The van der Waals surface area contributed by atoms with E-state index in [9.17, 15) is 4.79 Å². The summed E-state index contributed by atoms with van der Waals surface area (Å²) in [5.41, 5.74) is 5.83. The van der Waals surface area contributed by atoms with Crippen molar-refractivity contribution < 1.29 is 14.3 Å². The number of amides is 1. The molecule has 1 heterocycles. The van der Waals surface area contributed by atoms with E-state index < -0.39 is 6.04 Å². The number of nitrogens with two attached hydrogens (primary N) is 1. The van der Waals surface area contributed by atoms with Gasteiger partial charge in [0.1, 0.15) is 12.3 Å². The molecule has 4 N–H and O–H groups in total. The van der Waals surface area contributed by atoms with Crippen molar-refractivity contribution in [3.8, 4) is 0 Å². The Morgan fingerprint density at radius 1 is 0.933 bits per heavy atom. The summed E-state index contributed by atoms with van der Waals surface area (Å²) in [6.45, 7) is 2.65. The van der Waals surface area contributed by atoms with Gasteiger partial charge in [0.05, 0.1) is 6.61 Å². The number of unbranched alkanes of at least 4 members (excludes halogenated alkanes) is 15. The molecule has 6 nitrogen and oxygen atoms in total. The molecule has 0 bridgehead atoms. The number of rotatable bonds is 20.